The van der Waals surface area contributed by atoms with E-state index < -0.39 is 30.0 Å². The largest absolute Gasteiger partial charge is 0.435 e. The second-order valence-electron chi connectivity index (χ2n) is 6.66. The summed E-state index contributed by atoms with van der Waals surface area (Å²) in [6, 6.07) is 6.70. The van der Waals surface area contributed by atoms with E-state index in [0.717, 1.165) is 0 Å². The lowest BCUT2D eigenvalue weighted by Gasteiger charge is -2.26. The fraction of sp³-hybridized carbons (Fsp3) is 0.200. The zero-order valence-electron chi connectivity index (χ0n) is 15.3. The second kappa shape index (κ2) is 7.44. The van der Waals surface area contributed by atoms with E-state index in [0.29, 0.717) is 11.1 Å². The van der Waals surface area contributed by atoms with Crippen molar-refractivity contribution >= 4 is 17.8 Å². The number of benzene rings is 1. The van der Waals surface area contributed by atoms with Gasteiger partial charge < -0.3 is 15.0 Å². The van der Waals surface area contributed by atoms with E-state index in [1.54, 1.807) is 18.3 Å². The van der Waals surface area contributed by atoms with Gasteiger partial charge in [0.2, 0.25) is 5.54 Å². The van der Waals surface area contributed by atoms with Crippen LogP contribution in [-0.4, -0.2) is 46.4 Å². The highest BCUT2D eigenvalue weighted by molar-refractivity contribution is 6.10. The van der Waals surface area contributed by atoms with E-state index in [-0.39, 0.29) is 24.4 Å². The molecule has 4 amide bonds. The molecule has 1 atom stereocenters. The van der Waals surface area contributed by atoms with Gasteiger partial charge in [0.25, 0.3) is 11.8 Å². The first-order chi connectivity index (χ1) is 14.4. The number of halogens is 2. The van der Waals surface area contributed by atoms with Crippen molar-refractivity contribution in [2.75, 3.05) is 6.54 Å². The first-order valence-corrected chi connectivity index (χ1v) is 8.80. The normalized spacial score (nSPS) is 19.8. The minimum atomic E-state index is -3.01. The molecule has 2 N–H and O–H groups in total. The minimum absolute atomic E-state index is 0.128. The molecule has 8 nitrogen and oxygen atoms in total. The molecule has 0 spiro atoms. The third-order valence-electron chi connectivity index (χ3n) is 4.64. The van der Waals surface area contributed by atoms with Gasteiger partial charge in [0.1, 0.15) is 5.75 Å². The molecule has 2 aliphatic rings. The zero-order valence-corrected chi connectivity index (χ0v) is 15.3. The van der Waals surface area contributed by atoms with Gasteiger partial charge in [-0.05, 0) is 29.8 Å². The summed E-state index contributed by atoms with van der Waals surface area (Å²) in [6.45, 7) is -3.11. The van der Waals surface area contributed by atoms with E-state index in [2.05, 4.69) is 32.2 Å². The number of hydrogen-bond donors (Lipinski definition) is 2. The molecule has 0 aliphatic carbocycles. The molecule has 3 heterocycles. The average molecular weight is 412 g/mol. The summed E-state index contributed by atoms with van der Waals surface area (Å²) >= 11 is 0. The Morgan fingerprint density at radius 2 is 2.10 bits per heavy atom. The van der Waals surface area contributed by atoms with Gasteiger partial charge >= 0.3 is 12.6 Å². The molecule has 0 unspecified atom stereocenters. The molecular weight excluding hydrogens is 398 g/mol. The lowest BCUT2D eigenvalue weighted by atomic mass is 9.99. The van der Waals surface area contributed by atoms with Crippen LogP contribution in [0.25, 0.3) is 0 Å². The van der Waals surface area contributed by atoms with Crippen molar-refractivity contribution in [1.29, 1.82) is 0 Å². The quantitative estimate of drug-likeness (QED) is 0.582. The number of urea groups is 1. The average Bonchev–Trinajstić information content (AvgIpc) is 3.16. The number of alkyl halides is 2. The van der Waals surface area contributed by atoms with Crippen molar-refractivity contribution in [3.63, 3.8) is 0 Å². The number of nitrogens with one attached hydrogen (secondary N) is 2. The number of pyridine rings is 1. The Balaban J connectivity index is 1.61. The third-order valence-corrected chi connectivity index (χ3v) is 4.64. The first kappa shape index (κ1) is 19.3. The van der Waals surface area contributed by atoms with Crippen LogP contribution in [0.4, 0.5) is 13.6 Å². The third kappa shape index (κ3) is 3.65. The Morgan fingerprint density at radius 1 is 1.27 bits per heavy atom. The maximum Gasteiger partial charge on any atom is 0.387 e. The van der Waals surface area contributed by atoms with E-state index >= 15 is 0 Å². The van der Waals surface area contributed by atoms with Crippen LogP contribution in [0.3, 0.4) is 0 Å². The minimum Gasteiger partial charge on any atom is -0.435 e. The molecule has 1 fully saturated rings. The number of hydrogen-bond acceptors (Lipinski definition) is 5. The highest BCUT2D eigenvalue weighted by atomic mass is 19.3. The molecule has 1 aromatic carbocycles. The summed E-state index contributed by atoms with van der Waals surface area (Å²) in [5.41, 5.74) is -0.363. The van der Waals surface area contributed by atoms with Crippen LogP contribution in [-0.2, 0) is 11.3 Å². The maximum absolute atomic E-state index is 12.8. The Bertz CT molecular complexity index is 1100. The summed E-state index contributed by atoms with van der Waals surface area (Å²) in [6.07, 6.45) is 3.06. The number of fused-ring (bicyclic) bond motifs is 1. The Hall–Kier alpha value is -4.00. The van der Waals surface area contributed by atoms with Crippen molar-refractivity contribution in [3.8, 4) is 17.6 Å². The van der Waals surface area contributed by atoms with Gasteiger partial charge in [0.05, 0.1) is 6.54 Å². The van der Waals surface area contributed by atoms with Crippen molar-refractivity contribution in [3.05, 3.63) is 59.4 Å². The molecule has 2 aliphatic heterocycles. The van der Waals surface area contributed by atoms with E-state index in [9.17, 15) is 23.2 Å². The zero-order chi connectivity index (χ0) is 21.3. The van der Waals surface area contributed by atoms with Crippen molar-refractivity contribution in [1.82, 2.24) is 20.5 Å². The number of nitrogens with zero attached hydrogens (tertiary/aromatic N) is 2. The number of aromatic nitrogens is 1. The molecule has 152 valence electrons. The molecular formula is C20H14F2N4O4. The lowest BCUT2D eigenvalue weighted by Crippen LogP contribution is -2.54. The van der Waals surface area contributed by atoms with Crippen LogP contribution in [0.5, 0.6) is 5.75 Å². The van der Waals surface area contributed by atoms with Crippen LogP contribution in [0.15, 0.2) is 42.7 Å². The van der Waals surface area contributed by atoms with Gasteiger partial charge in [-0.3, -0.25) is 19.9 Å². The highest BCUT2D eigenvalue weighted by Crippen LogP contribution is 2.29. The summed E-state index contributed by atoms with van der Waals surface area (Å²) in [5.74, 6) is 4.23. The predicted molar refractivity (Wildman–Crippen MR) is 98.3 cm³/mol. The lowest BCUT2D eigenvalue weighted by molar-refractivity contribution is -0.122. The molecule has 0 radical (unpaired) electrons. The standard InChI is InChI=1S/C20H14F2N4O4/c21-18(22)30-14-4-3-13-10-26(16(27)15(13)8-14)11-20(17(28)24-19(29)25-20)6-5-12-2-1-7-23-9-12/h1-4,7-9,18H,10-11H2,(H2,24,25,28,29)/t20-/m1/s1. The van der Waals surface area contributed by atoms with Gasteiger partial charge in [-0.25, -0.2) is 4.79 Å². The van der Waals surface area contributed by atoms with Crippen LogP contribution < -0.4 is 15.4 Å². The molecule has 2 aromatic rings. The number of rotatable bonds is 4. The van der Waals surface area contributed by atoms with Crippen molar-refractivity contribution in [2.45, 2.75) is 18.7 Å². The van der Waals surface area contributed by atoms with E-state index in [1.165, 1.54) is 29.3 Å². The molecule has 1 aromatic heterocycles. The van der Waals surface area contributed by atoms with Crippen LogP contribution >= 0.6 is 0 Å². The predicted octanol–water partition coefficient (Wildman–Crippen LogP) is 1.27. The summed E-state index contributed by atoms with van der Waals surface area (Å²) in [5, 5.41) is 4.62. The van der Waals surface area contributed by atoms with Gasteiger partial charge in [0, 0.05) is 30.1 Å². The second-order valence-corrected chi connectivity index (χ2v) is 6.66. The monoisotopic (exact) mass is 412 g/mol. The van der Waals surface area contributed by atoms with Gasteiger partial charge in [-0.2, -0.15) is 8.78 Å². The molecule has 4 rings (SSSR count). The maximum atomic E-state index is 12.8. The number of carbonyl (C=O) groups excluding carboxylic acids is 3. The Labute approximate surface area is 169 Å². The number of amides is 4. The number of ether oxygens (including phenoxy) is 1. The summed E-state index contributed by atoms with van der Waals surface area (Å²) in [7, 11) is 0. The Morgan fingerprint density at radius 3 is 2.77 bits per heavy atom. The van der Waals surface area contributed by atoms with E-state index in [1.807, 2.05) is 0 Å². The van der Waals surface area contributed by atoms with Gasteiger partial charge in [0.15, 0.2) is 0 Å². The van der Waals surface area contributed by atoms with Crippen molar-refractivity contribution < 1.29 is 27.9 Å². The summed E-state index contributed by atoms with van der Waals surface area (Å²) < 4.78 is 29.2. The van der Waals surface area contributed by atoms with E-state index in [4.69, 9.17) is 0 Å². The van der Waals surface area contributed by atoms with Crippen molar-refractivity contribution in [2.24, 2.45) is 0 Å². The fourth-order valence-electron chi connectivity index (χ4n) is 3.28. The van der Waals surface area contributed by atoms with Crippen LogP contribution in [0.2, 0.25) is 0 Å². The molecule has 30 heavy (non-hydrogen) atoms. The number of carbonyl (C=O) groups is 3. The smallest absolute Gasteiger partial charge is 0.387 e. The van der Waals surface area contributed by atoms with Crippen LogP contribution in [0, 0.1) is 11.8 Å². The molecule has 10 heteroatoms. The van der Waals surface area contributed by atoms with Crippen LogP contribution in [0.1, 0.15) is 21.5 Å². The fourth-order valence-corrected chi connectivity index (χ4v) is 3.28. The van der Waals surface area contributed by atoms with Gasteiger partial charge in [-0.1, -0.05) is 17.9 Å². The Kier molecular flexibility index (Phi) is 4.79. The number of imide groups is 1. The molecule has 0 saturated carbocycles. The SMILES string of the molecule is O=C1NC(=O)[C@@](C#Cc2cccnc2)(CN2Cc3ccc(OC(F)F)cc3C2=O)N1. The highest BCUT2D eigenvalue weighted by Gasteiger charge is 2.48. The topological polar surface area (TPSA) is 101 Å². The van der Waals surface area contributed by atoms with Gasteiger partial charge in [-0.15, -0.1) is 0 Å². The molecule has 1 saturated heterocycles. The molecule has 0 bridgehead atoms. The first-order valence-electron chi connectivity index (χ1n) is 8.80. The summed E-state index contributed by atoms with van der Waals surface area (Å²) in [4.78, 5) is 42.4.